The minimum absolute atomic E-state index is 0.0542. The highest BCUT2D eigenvalue weighted by atomic mass is 35.5. The number of nitrogens with zero attached hydrogens (tertiary/aromatic N) is 1. The van der Waals surface area contributed by atoms with Gasteiger partial charge in [-0.2, -0.15) is 11.8 Å². The molecular formula is C11H10ClNO3S. The lowest BCUT2D eigenvalue weighted by atomic mass is 10.0. The Bertz CT molecular complexity index is 472. The second-order valence-corrected chi connectivity index (χ2v) is 5.47. The summed E-state index contributed by atoms with van der Waals surface area (Å²) in [7, 11) is 0. The van der Waals surface area contributed by atoms with E-state index in [2.05, 4.69) is 0 Å². The lowest BCUT2D eigenvalue weighted by molar-refractivity contribution is -0.385. The van der Waals surface area contributed by atoms with E-state index in [-0.39, 0.29) is 27.3 Å². The topological polar surface area (TPSA) is 60.2 Å². The Balaban J connectivity index is 2.42. The SMILES string of the molecule is O=C(c1c(Cl)cccc1[N+](=O)[O-])C1CCCS1. The predicted molar refractivity (Wildman–Crippen MR) is 67.9 cm³/mol. The Morgan fingerprint density at radius 1 is 1.53 bits per heavy atom. The lowest BCUT2D eigenvalue weighted by Gasteiger charge is -2.09. The summed E-state index contributed by atoms with van der Waals surface area (Å²) in [5.74, 6) is 0.707. The van der Waals surface area contributed by atoms with Crippen molar-refractivity contribution in [3.8, 4) is 0 Å². The molecule has 1 aliphatic rings. The summed E-state index contributed by atoms with van der Waals surface area (Å²) in [6, 6.07) is 4.32. The zero-order valence-electron chi connectivity index (χ0n) is 8.89. The van der Waals surface area contributed by atoms with Crippen molar-refractivity contribution in [3.63, 3.8) is 0 Å². The first kappa shape index (κ1) is 12.4. The predicted octanol–water partition coefficient (Wildman–Crippen LogP) is 3.33. The van der Waals surface area contributed by atoms with Crippen LogP contribution in [0.1, 0.15) is 23.2 Å². The molecule has 1 aromatic carbocycles. The molecule has 1 aliphatic heterocycles. The van der Waals surface area contributed by atoms with Gasteiger partial charge in [-0.1, -0.05) is 17.7 Å². The minimum Gasteiger partial charge on any atom is -0.293 e. The van der Waals surface area contributed by atoms with E-state index in [1.54, 1.807) is 11.8 Å². The van der Waals surface area contributed by atoms with Gasteiger partial charge in [-0.15, -0.1) is 0 Å². The van der Waals surface area contributed by atoms with E-state index in [0.29, 0.717) is 0 Å². The number of thioether (sulfide) groups is 1. The third-order valence-corrected chi connectivity index (χ3v) is 4.35. The number of halogens is 1. The molecule has 1 aromatic rings. The Hall–Kier alpha value is -1.07. The molecule has 0 radical (unpaired) electrons. The highest BCUT2D eigenvalue weighted by molar-refractivity contribution is 8.00. The molecule has 1 atom stereocenters. The monoisotopic (exact) mass is 271 g/mol. The Morgan fingerprint density at radius 2 is 2.29 bits per heavy atom. The normalized spacial score (nSPS) is 19.2. The van der Waals surface area contributed by atoms with E-state index >= 15 is 0 Å². The van der Waals surface area contributed by atoms with Gasteiger partial charge < -0.3 is 0 Å². The van der Waals surface area contributed by atoms with Crippen molar-refractivity contribution in [1.82, 2.24) is 0 Å². The molecule has 2 rings (SSSR count). The Morgan fingerprint density at radius 3 is 2.88 bits per heavy atom. The van der Waals surface area contributed by atoms with E-state index in [0.717, 1.165) is 18.6 Å². The fraction of sp³-hybridized carbons (Fsp3) is 0.364. The molecule has 90 valence electrons. The number of rotatable bonds is 3. The summed E-state index contributed by atoms with van der Waals surface area (Å²) in [4.78, 5) is 22.5. The number of nitro benzene ring substituents is 1. The summed E-state index contributed by atoms with van der Waals surface area (Å²) < 4.78 is 0. The molecule has 0 spiro atoms. The first-order valence-corrected chi connectivity index (χ1v) is 6.62. The molecule has 0 amide bonds. The summed E-state index contributed by atoms with van der Waals surface area (Å²) in [6.07, 6.45) is 1.74. The third-order valence-electron chi connectivity index (χ3n) is 2.66. The molecule has 6 heteroatoms. The number of Topliss-reactive ketones (excluding diaryl/α,β-unsaturated/α-hetero) is 1. The van der Waals surface area contributed by atoms with Gasteiger partial charge in [0.15, 0.2) is 5.78 Å². The maximum absolute atomic E-state index is 12.2. The molecule has 0 saturated carbocycles. The number of hydrogen-bond acceptors (Lipinski definition) is 4. The molecule has 17 heavy (non-hydrogen) atoms. The molecular weight excluding hydrogens is 262 g/mol. The second-order valence-electron chi connectivity index (χ2n) is 3.76. The van der Waals surface area contributed by atoms with Crippen LogP contribution in [0.15, 0.2) is 18.2 Å². The van der Waals surface area contributed by atoms with E-state index < -0.39 is 4.92 Å². The van der Waals surface area contributed by atoms with Crippen LogP contribution in [-0.2, 0) is 0 Å². The fourth-order valence-corrected chi connectivity index (χ4v) is 3.34. The highest BCUT2D eigenvalue weighted by Crippen LogP contribution is 2.34. The standard InChI is InChI=1S/C11H10ClNO3S/c12-7-3-1-4-8(13(15)16)10(7)11(14)9-5-2-6-17-9/h1,3-4,9H,2,5-6H2. The number of carbonyl (C=O) groups excluding carboxylic acids is 1. The molecule has 1 saturated heterocycles. The van der Waals surface area contributed by atoms with Crippen LogP contribution in [0, 0.1) is 10.1 Å². The number of hydrogen-bond donors (Lipinski definition) is 0. The van der Waals surface area contributed by atoms with Crippen LogP contribution >= 0.6 is 23.4 Å². The van der Waals surface area contributed by atoms with Crippen molar-refractivity contribution in [2.45, 2.75) is 18.1 Å². The van der Waals surface area contributed by atoms with Crippen LogP contribution in [0.5, 0.6) is 0 Å². The van der Waals surface area contributed by atoms with Crippen molar-refractivity contribution in [2.24, 2.45) is 0 Å². The summed E-state index contributed by atoms with van der Waals surface area (Å²) in [5.41, 5.74) is -0.145. The van der Waals surface area contributed by atoms with Gasteiger partial charge in [0.05, 0.1) is 15.2 Å². The zero-order chi connectivity index (χ0) is 12.4. The van der Waals surface area contributed by atoms with E-state index in [1.807, 2.05) is 0 Å². The molecule has 0 N–H and O–H groups in total. The average molecular weight is 272 g/mol. The number of carbonyl (C=O) groups is 1. The summed E-state index contributed by atoms with van der Waals surface area (Å²) >= 11 is 7.46. The van der Waals surface area contributed by atoms with Crippen molar-refractivity contribution >= 4 is 34.8 Å². The minimum atomic E-state index is -0.557. The summed E-state index contributed by atoms with van der Waals surface area (Å²) in [6.45, 7) is 0. The maximum atomic E-state index is 12.2. The van der Waals surface area contributed by atoms with Crippen LogP contribution in [-0.4, -0.2) is 21.7 Å². The first-order chi connectivity index (χ1) is 8.11. The second kappa shape index (κ2) is 5.06. The van der Waals surface area contributed by atoms with E-state index in [4.69, 9.17) is 11.6 Å². The molecule has 4 nitrogen and oxygen atoms in total. The van der Waals surface area contributed by atoms with Gasteiger partial charge in [0.1, 0.15) is 5.56 Å². The molecule has 0 aliphatic carbocycles. The van der Waals surface area contributed by atoms with Crippen LogP contribution in [0.25, 0.3) is 0 Å². The van der Waals surface area contributed by atoms with Gasteiger partial charge in [-0.25, -0.2) is 0 Å². The van der Waals surface area contributed by atoms with Gasteiger partial charge in [-0.05, 0) is 24.7 Å². The average Bonchev–Trinajstić information content (AvgIpc) is 2.81. The number of ketones is 1. The first-order valence-electron chi connectivity index (χ1n) is 5.20. The largest absolute Gasteiger partial charge is 0.293 e. The third kappa shape index (κ3) is 2.45. The Kier molecular flexibility index (Phi) is 3.69. The molecule has 0 bridgehead atoms. The maximum Gasteiger partial charge on any atom is 0.281 e. The van der Waals surface area contributed by atoms with Crippen molar-refractivity contribution in [3.05, 3.63) is 38.9 Å². The van der Waals surface area contributed by atoms with Crippen LogP contribution in [0.2, 0.25) is 5.02 Å². The lowest BCUT2D eigenvalue weighted by Crippen LogP contribution is -2.16. The molecule has 1 unspecified atom stereocenters. The molecule has 0 aromatic heterocycles. The molecule has 1 fully saturated rings. The fourth-order valence-electron chi connectivity index (χ4n) is 1.85. The summed E-state index contributed by atoms with van der Waals surface area (Å²) in [5, 5.41) is 10.9. The highest BCUT2D eigenvalue weighted by Gasteiger charge is 2.31. The number of nitro groups is 1. The van der Waals surface area contributed by atoms with Gasteiger partial charge in [0.2, 0.25) is 0 Å². The Labute approximate surface area is 107 Å². The van der Waals surface area contributed by atoms with Crippen molar-refractivity contribution in [2.75, 3.05) is 5.75 Å². The van der Waals surface area contributed by atoms with Crippen LogP contribution < -0.4 is 0 Å². The quantitative estimate of drug-likeness (QED) is 0.481. The van der Waals surface area contributed by atoms with Gasteiger partial charge in [0, 0.05) is 6.07 Å². The molecule has 1 heterocycles. The van der Waals surface area contributed by atoms with Gasteiger partial charge in [-0.3, -0.25) is 14.9 Å². The van der Waals surface area contributed by atoms with Crippen LogP contribution in [0.4, 0.5) is 5.69 Å². The van der Waals surface area contributed by atoms with E-state index in [9.17, 15) is 14.9 Å². The van der Waals surface area contributed by atoms with Crippen molar-refractivity contribution in [1.29, 1.82) is 0 Å². The van der Waals surface area contributed by atoms with Crippen LogP contribution in [0.3, 0.4) is 0 Å². The number of benzene rings is 1. The zero-order valence-corrected chi connectivity index (χ0v) is 10.5. The van der Waals surface area contributed by atoms with Crippen molar-refractivity contribution < 1.29 is 9.72 Å². The smallest absolute Gasteiger partial charge is 0.281 e. The van der Waals surface area contributed by atoms with E-state index in [1.165, 1.54) is 18.2 Å². The van der Waals surface area contributed by atoms with Gasteiger partial charge >= 0.3 is 0 Å². The van der Waals surface area contributed by atoms with Gasteiger partial charge in [0.25, 0.3) is 5.69 Å².